The van der Waals surface area contributed by atoms with Crippen molar-refractivity contribution >= 4 is 5.69 Å². The standard InChI is InChI=1S/C13H20N2O2/c1-16-7-8-17-13-4-2-3-11(9-13)15-12-5-6-14-10-12/h2-4,9,12,14-15H,5-8,10H2,1H3. The van der Waals surface area contributed by atoms with Crippen LogP contribution in [0.25, 0.3) is 0 Å². The fraction of sp³-hybridized carbons (Fsp3) is 0.538. The minimum atomic E-state index is 0.532. The van der Waals surface area contributed by atoms with Crippen molar-refractivity contribution in [3.05, 3.63) is 24.3 Å². The second-order valence-electron chi connectivity index (χ2n) is 4.20. The highest BCUT2D eigenvalue weighted by Crippen LogP contribution is 2.19. The Labute approximate surface area is 102 Å². The lowest BCUT2D eigenvalue weighted by Gasteiger charge is -2.14. The molecule has 0 aliphatic carbocycles. The summed E-state index contributed by atoms with van der Waals surface area (Å²) in [7, 11) is 1.68. The number of hydrogen-bond acceptors (Lipinski definition) is 4. The van der Waals surface area contributed by atoms with Crippen molar-refractivity contribution < 1.29 is 9.47 Å². The molecule has 0 aromatic heterocycles. The van der Waals surface area contributed by atoms with E-state index in [0.717, 1.165) is 24.5 Å². The summed E-state index contributed by atoms with van der Waals surface area (Å²) in [6, 6.07) is 8.61. The van der Waals surface area contributed by atoms with Gasteiger partial charge in [-0.1, -0.05) is 6.07 Å². The van der Waals surface area contributed by atoms with Crippen molar-refractivity contribution in [2.24, 2.45) is 0 Å². The number of nitrogens with one attached hydrogen (secondary N) is 2. The summed E-state index contributed by atoms with van der Waals surface area (Å²) in [5.74, 6) is 0.887. The molecule has 1 unspecified atom stereocenters. The summed E-state index contributed by atoms with van der Waals surface area (Å²) in [6.45, 7) is 3.34. The maximum absolute atomic E-state index is 5.57. The van der Waals surface area contributed by atoms with Crippen molar-refractivity contribution in [1.29, 1.82) is 0 Å². The van der Waals surface area contributed by atoms with Crippen LogP contribution >= 0.6 is 0 Å². The normalized spacial score (nSPS) is 19.2. The van der Waals surface area contributed by atoms with Gasteiger partial charge in [0.15, 0.2) is 0 Å². The molecule has 17 heavy (non-hydrogen) atoms. The summed E-state index contributed by atoms with van der Waals surface area (Å²) in [4.78, 5) is 0. The Balaban J connectivity index is 1.86. The van der Waals surface area contributed by atoms with Gasteiger partial charge < -0.3 is 20.1 Å². The molecular formula is C13H20N2O2. The highest BCUT2D eigenvalue weighted by molar-refractivity contribution is 5.49. The summed E-state index contributed by atoms with van der Waals surface area (Å²) in [5.41, 5.74) is 1.12. The highest BCUT2D eigenvalue weighted by atomic mass is 16.5. The molecule has 1 atom stereocenters. The van der Waals surface area contributed by atoms with E-state index in [2.05, 4.69) is 16.7 Å². The molecule has 1 saturated heterocycles. The molecule has 4 nitrogen and oxygen atoms in total. The number of hydrogen-bond donors (Lipinski definition) is 2. The van der Waals surface area contributed by atoms with Gasteiger partial charge in [0.2, 0.25) is 0 Å². The van der Waals surface area contributed by atoms with E-state index in [4.69, 9.17) is 9.47 Å². The van der Waals surface area contributed by atoms with Crippen LogP contribution in [0.5, 0.6) is 5.75 Å². The minimum absolute atomic E-state index is 0.532. The van der Waals surface area contributed by atoms with Crippen molar-refractivity contribution in [2.45, 2.75) is 12.5 Å². The van der Waals surface area contributed by atoms with Gasteiger partial charge in [0.1, 0.15) is 12.4 Å². The average Bonchev–Trinajstić information content (AvgIpc) is 2.83. The van der Waals surface area contributed by atoms with E-state index in [1.807, 2.05) is 18.2 Å². The number of anilines is 1. The quantitative estimate of drug-likeness (QED) is 0.734. The summed E-state index contributed by atoms with van der Waals surface area (Å²) < 4.78 is 10.5. The van der Waals surface area contributed by atoms with E-state index in [9.17, 15) is 0 Å². The molecule has 2 N–H and O–H groups in total. The van der Waals surface area contributed by atoms with Crippen LogP contribution < -0.4 is 15.4 Å². The first-order chi connectivity index (χ1) is 8.38. The predicted octanol–water partition coefficient (Wildman–Crippen LogP) is 1.49. The largest absolute Gasteiger partial charge is 0.491 e. The lowest BCUT2D eigenvalue weighted by molar-refractivity contribution is 0.146. The SMILES string of the molecule is COCCOc1cccc(NC2CCNC2)c1. The van der Waals surface area contributed by atoms with E-state index >= 15 is 0 Å². The molecular weight excluding hydrogens is 216 g/mol. The van der Waals surface area contributed by atoms with Gasteiger partial charge in [-0.2, -0.15) is 0 Å². The first kappa shape index (κ1) is 12.2. The average molecular weight is 236 g/mol. The van der Waals surface area contributed by atoms with Crippen molar-refractivity contribution in [2.75, 3.05) is 38.7 Å². The number of rotatable bonds is 6. The van der Waals surface area contributed by atoms with Crippen LogP contribution in [0.4, 0.5) is 5.69 Å². The minimum Gasteiger partial charge on any atom is -0.491 e. The summed E-state index contributed by atoms with van der Waals surface area (Å²) in [5, 5.41) is 6.84. The van der Waals surface area contributed by atoms with Crippen LogP contribution in [0.1, 0.15) is 6.42 Å². The second-order valence-corrected chi connectivity index (χ2v) is 4.20. The topological polar surface area (TPSA) is 42.5 Å². The third kappa shape index (κ3) is 3.91. The zero-order valence-electron chi connectivity index (χ0n) is 10.2. The molecule has 1 aromatic rings. The van der Waals surface area contributed by atoms with E-state index in [0.29, 0.717) is 19.3 Å². The Kier molecular flexibility index (Phi) is 4.64. The van der Waals surface area contributed by atoms with E-state index < -0.39 is 0 Å². The molecule has 1 fully saturated rings. The first-order valence-corrected chi connectivity index (χ1v) is 6.07. The Morgan fingerprint density at radius 1 is 1.41 bits per heavy atom. The molecule has 0 bridgehead atoms. The number of methoxy groups -OCH3 is 1. The van der Waals surface area contributed by atoms with Gasteiger partial charge in [-0.15, -0.1) is 0 Å². The lowest BCUT2D eigenvalue weighted by atomic mass is 10.2. The number of benzene rings is 1. The Hall–Kier alpha value is -1.26. The lowest BCUT2D eigenvalue weighted by Crippen LogP contribution is -2.22. The molecule has 1 heterocycles. The third-order valence-corrected chi connectivity index (χ3v) is 2.82. The van der Waals surface area contributed by atoms with Crippen molar-refractivity contribution in [1.82, 2.24) is 5.32 Å². The molecule has 4 heteroatoms. The Morgan fingerprint density at radius 3 is 3.12 bits per heavy atom. The third-order valence-electron chi connectivity index (χ3n) is 2.82. The molecule has 0 radical (unpaired) electrons. The van der Waals surface area contributed by atoms with Crippen LogP contribution in [-0.4, -0.2) is 39.5 Å². The van der Waals surface area contributed by atoms with E-state index in [1.165, 1.54) is 6.42 Å². The molecule has 1 aromatic carbocycles. The number of ether oxygens (including phenoxy) is 2. The van der Waals surface area contributed by atoms with Gasteiger partial charge >= 0.3 is 0 Å². The van der Waals surface area contributed by atoms with E-state index in [-0.39, 0.29) is 0 Å². The monoisotopic (exact) mass is 236 g/mol. The Bertz CT molecular complexity index is 338. The second kappa shape index (κ2) is 6.47. The zero-order valence-corrected chi connectivity index (χ0v) is 10.2. The molecule has 0 spiro atoms. The first-order valence-electron chi connectivity index (χ1n) is 6.07. The summed E-state index contributed by atoms with van der Waals surface area (Å²) >= 11 is 0. The molecule has 2 rings (SSSR count). The van der Waals surface area contributed by atoms with E-state index in [1.54, 1.807) is 7.11 Å². The van der Waals surface area contributed by atoms with Gasteiger partial charge in [-0.25, -0.2) is 0 Å². The predicted molar refractivity (Wildman–Crippen MR) is 68.7 cm³/mol. The molecule has 0 saturated carbocycles. The van der Waals surface area contributed by atoms with Crippen LogP contribution in [0, 0.1) is 0 Å². The van der Waals surface area contributed by atoms with Crippen LogP contribution in [-0.2, 0) is 4.74 Å². The van der Waals surface area contributed by atoms with Gasteiger partial charge in [0.05, 0.1) is 6.61 Å². The van der Waals surface area contributed by atoms with Crippen molar-refractivity contribution in [3.8, 4) is 5.75 Å². The highest BCUT2D eigenvalue weighted by Gasteiger charge is 2.13. The smallest absolute Gasteiger partial charge is 0.121 e. The van der Waals surface area contributed by atoms with Gasteiger partial charge in [0.25, 0.3) is 0 Å². The maximum Gasteiger partial charge on any atom is 0.121 e. The van der Waals surface area contributed by atoms with Gasteiger partial charge in [0, 0.05) is 31.5 Å². The fourth-order valence-corrected chi connectivity index (χ4v) is 1.93. The molecule has 94 valence electrons. The van der Waals surface area contributed by atoms with Crippen molar-refractivity contribution in [3.63, 3.8) is 0 Å². The van der Waals surface area contributed by atoms with Crippen LogP contribution in [0.15, 0.2) is 24.3 Å². The molecule has 1 aliphatic heterocycles. The molecule has 1 aliphatic rings. The van der Waals surface area contributed by atoms with Gasteiger partial charge in [-0.05, 0) is 25.1 Å². The summed E-state index contributed by atoms with van der Waals surface area (Å²) in [6.07, 6.45) is 1.18. The maximum atomic E-state index is 5.57. The van der Waals surface area contributed by atoms with Crippen LogP contribution in [0.2, 0.25) is 0 Å². The molecule has 0 amide bonds. The Morgan fingerprint density at radius 2 is 2.35 bits per heavy atom. The zero-order chi connectivity index (χ0) is 11.9. The fourth-order valence-electron chi connectivity index (χ4n) is 1.93. The van der Waals surface area contributed by atoms with Gasteiger partial charge in [-0.3, -0.25) is 0 Å². The van der Waals surface area contributed by atoms with Crippen LogP contribution in [0.3, 0.4) is 0 Å².